The second kappa shape index (κ2) is 9.18. The average molecular weight is 321 g/mol. The molecule has 0 aliphatic rings. The third kappa shape index (κ3) is 6.30. The molecule has 2 unspecified atom stereocenters. The molecule has 0 bridgehead atoms. The molecule has 23 heavy (non-hydrogen) atoms. The van der Waals surface area contributed by atoms with Gasteiger partial charge in [0.2, 0.25) is 0 Å². The van der Waals surface area contributed by atoms with E-state index < -0.39 is 6.10 Å². The number of nitrogens with one attached hydrogen (secondary N) is 1. The lowest BCUT2D eigenvalue weighted by molar-refractivity contribution is -0.141. The first-order valence-electron chi connectivity index (χ1n) is 8.01. The lowest BCUT2D eigenvalue weighted by atomic mass is 10.0. The minimum atomic E-state index is -0.633. The van der Waals surface area contributed by atoms with E-state index >= 15 is 0 Å². The second-order valence-electron chi connectivity index (χ2n) is 5.88. The lowest BCUT2D eigenvalue weighted by Crippen LogP contribution is -2.43. The van der Waals surface area contributed by atoms with Gasteiger partial charge in [-0.3, -0.25) is 9.59 Å². The van der Waals surface area contributed by atoms with Gasteiger partial charge in [0.25, 0.3) is 5.91 Å². The molecule has 0 spiro atoms. The number of hydrogen-bond donors (Lipinski definition) is 1. The first kappa shape index (κ1) is 19.0. The highest BCUT2D eigenvalue weighted by Crippen LogP contribution is 2.19. The Morgan fingerprint density at radius 3 is 2.22 bits per heavy atom. The molecular formula is C18H27NO4. The fourth-order valence-electron chi connectivity index (χ4n) is 2.09. The quantitative estimate of drug-likeness (QED) is 0.748. The zero-order chi connectivity index (χ0) is 17.4. The largest absolute Gasteiger partial charge is 0.481 e. The molecule has 0 aliphatic carbocycles. The maximum Gasteiger partial charge on any atom is 0.307 e. The van der Waals surface area contributed by atoms with Gasteiger partial charge in [0, 0.05) is 6.04 Å². The molecular weight excluding hydrogens is 294 g/mol. The smallest absolute Gasteiger partial charge is 0.307 e. The monoisotopic (exact) mass is 321 g/mol. The summed E-state index contributed by atoms with van der Waals surface area (Å²) in [6.45, 7) is 7.84. The Hall–Kier alpha value is -2.04. The van der Waals surface area contributed by atoms with Crippen LogP contribution in [0.15, 0.2) is 24.3 Å². The van der Waals surface area contributed by atoms with Crippen LogP contribution in [0, 0.1) is 0 Å². The van der Waals surface area contributed by atoms with Gasteiger partial charge in [0.15, 0.2) is 6.10 Å². The number of hydrogen-bond acceptors (Lipinski definition) is 4. The van der Waals surface area contributed by atoms with Gasteiger partial charge in [-0.1, -0.05) is 32.9 Å². The van der Waals surface area contributed by atoms with E-state index in [4.69, 9.17) is 4.74 Å². The van der Waals surface area contributed by atoms with Gasteiger partial charge in [0.05, 0.1) is 13.5 Å². The first-order valence-corrected chi connectivity index (χ1v) is 8.01. The van der Waals surface area contributed by atoms with Crippen LogP contribution in [0.5, 0.6) is 5.75 Å². The van der Waals surface area contributed by atoms with Gasteiger partial charge in [-0.15, -0.1) is 0 Å². The van der Waals surface area contributed by atoms with Crippen LogP contribution in [0.1, 0.15) is 52.0 Å². The maximum absolute atomic E-state index is 12.2. The Balaban J connectivity index is 2.57. The molecule has 128 valence electrons. The van der Waals surface area contributed by atoms with E-state index in [0.29, 0.717) is 18.1 Å². The summed E-state index contributed by atoms with van der Waals surface area (Å²) in [5, 5.41) is 2.82. The Labute approximate surface area is 138 Å². The maximum atomic E-state index is 12.2. The number of esters is 1. The average Bonchev–Trinajstić information content (AvgIpc) is 2.54. The molecule has 0 heterocycles. The number of rotatable bonds is 8. The topological polar surface area (TPSA) is 64.6 Å². The second-order valence-corrected chi connectivity index (χ2v) is 5.88. The van der Waals surface area contributed by atoms with Gasteiger partial charge in [-0.25, -0.2) is 0 Å². The summed E-state index contributed by atoms with van der Waals surface area (Å²) in [6, 6.07) is 7.48. The molecule has 0 aliphatic heterocycles. The Morgan fingerprint density at radius 2 is 1.74 bits per heavy atom. The Morgan fingerprint density at radius 1 is 1.13 bits per heavy atom. The zero-order valence-electron chi connectivity index (χ0n) is 14.6. The highest BCUT2D eigenvalue weighted by atomic mass is 16.5. The molecule has 0 saturated heterocycles. The van der Waals surface area contributed by atoms with Crippen LogP contribution in [0.25, 0.3) is 0 Å². The van der Waals surface area contributed by atoms with Crippen molar-refractivity contribution in [3.8, 4) is 5.75 Å². The fraction of sp³-hybridized carbons (Fsp3) is 0.556. The number of methoxy groups -OCH3 is 1. The molecule has 1 aromatic carbocycles. The van der Waals surface area contributed by atoms with Crippen LogP contribution in [0.3, 0.4) is 0 Å². The number of carbonyl (C=O) groups excluding carboxylic acids is 2. The van der Waals surface area contributed by atoms with E-state index in [0.717, 1.165) is 0 Å². The third-order valence-electron chi connectivity index (χ3n) is 3.71. The summed E-state index contributed by atoms with van der Waals surface area (Å²) in [7, 11) is 1.34. The van der Waals surface area contributed by atoms with Gasteiger partial charge in [0.1, 0.15) is 5.75 Å². The number of ether oxygens (including phenoxy) is 2. The van der Waals surface area contributed by atoms with Crippen LogP contribution >= 0.6 is 0 Å². The van der Waals surface area contributed by atoms with E-state index in [1.807, 2.05) is 31.2 Å². The summed E-state index contributed by atoms with van der Waals surface area (Å²) in [6.07, 6.45) is 0.178. The van der Waals surface area contributed by atoms with Crippen LogP contribution in [0.4, 0.5) is 0 Å². The molecule has 0 saturated carbocycles. The SMILES string of the molecule is CCC(CC(=O)OC)NC(=O)C(C)Oc1ccc(C(C)C)cc1. The van der Waals surface area contributed by atoms with Crippen LogP contribution < -0.4 is 10.1 Å². The summed E-state index contributed by atoms with van der Waals surface area (Å²) in [4.78, 5) is 23.5. The van der Waals surface area contributed by atoms with Gasteiger partial charge in [-0.05, 0) is 37.0 Å². The van der Waals surface area contributed by atoms with E-state index in [9.17, 15) is 9.59 Å². The van der Waals surface area contributed by atoms with E-state index in [2.05, 4.69) is 23.9 Å². The van der Waals surface area contributed by atoms with Crippen LogP contribution in [-0.2, 0) is 14.3 Å². The third-order valence-corrected chi connectivity index (χ3v) is 3.71. The van der Waals surface area contributed by atoms with Gasteiger partial charge >= 0.3 is 5.97 Å². The predicted molar refractivity (Wildman–Crippen MR) is 89.5 cm³/mol. The number of carbonyl (C=O) groups is 2. The number of benzene rings is 1. The molecule has 5 nitrogen and oxygen atoms in total. The van der Waals surface area contributed by atoms with Crippen molar-refractivity contribution in [3.05, 3.63) is 29.8 Å². The summed E-state index contributed by atoms with van der Waals surface area (Å²) < 4.78 is 10.3. The standard InChI is InChI=1S/C18H27NO4/c1-6-15(11-17(20)22-5)19-18(21)13(4)23-16-9-7-14(8-10-16)12(2)3/h7-10,12-13,15H,6,11H2,1-5H3,(H,19,21). The summed E-state index contributed by atoms with van der Waals surface area (Å²) in [5.41, 5.74) is 1.22. The van der Waals surface area contributed by atoms with Crippen molar-refractivity contribution in [2.45, 2.75) is 58.6 Å². The predicted octanol–water partition coefficient (Wildman–Crippen LogP) is 3.04. The minimum Gasteiger partial charge on any atom is -0.481 e. The van der Waals surface area contributed by atoms with Crippen LogP contribution in [-0.4, -0.2) is 31.1 Å². The normalized spacial score (nSPS) is 13.3. The van der Waals surface area contributed by atoms with Crippen molar-refractivity contribution in [3.63, 3.8) is 0 Å². The molecule has 0 aromatic heterocycles. The lowest BCUT2D eigenvalue weighted by Gasteiger charge is -2.20. The molecule has 0 fully saturated rings. The van der Waals surface area contributed by atoms with Crippen molar-refractivity contribution >= 4 is 11.9 Å². The minimum absolute atomic E-state index is 0.161. The van der Waals surface area contributed by atoms with Crippen LogP contribution in [0.2, 0.25) is 0 Å². The van der Waals surface area contributed by atoms with Crippen molar-refractivity contribution < 1.29 is 19.1 Å². The molecule has 1 amide bonds. The highest BCUT2D eigenvalue weighted by Gasteiger charge is 2.20. The van der Waals surface area contributed by atoms with E-state index in [1.54, 1.807) is 6.92 Å². The van der Waals surface area contributed by atoms with E-state index in [-0.39, 0.29) is 24.3 Å². The fourth-order valence-corrected chi connectivity index (χ4v) is 2.09. The molecule has 1 rings (SSSR count). The first-order chi connectivity index (χ1) is 10.9. The molecule has 5 heteroatoms. The van der Waals surface area contributed by atoms with Gasteiger partial charge in [-0.2, -0.15) is 0 Å². The van der Waals surface area contributed by atoms with Crippen molar-refractivity contribution in [1.29, 1.82) is 0 Å². The molecule has 1 aromatic rings. The Bertz CT molecular complexity index is 510. The highest BCUT2D eigenvalue weighted by molar-refractivity contribution is 5.81. The molecule has 1 N–H and O–H groups in total. The molecule has 0 radical (unpaired) electrons. The summed E-state index contributed by atoms with van der Waals surface area (Å²) in [5.74, 6) is 0.523. The zero-order valence-corrected chi connectivity index (χ0v) is 14.6. The van der Waals surface area contributed by atoms with E-state index in [1.165, 1.54) is 12.7 Å². The van der Waals surface area contributed by atoms with Gasteiger partial charge < -0.3 is 14.8 Å². The number of amides is 1. The molecule has 2 atom stereocenters. The van der Waals surface area contributed by atoms with Crippen molar-refractivity contribution in [1.82, 2.24) is 5.32 Å². The van der Waals surface area contributed by atoms with Crippen molar-refractivity contribution in [2.24, 2.45) is 0 Å². The summed E-state index contributed by atoms with van der Waals surface area (Å²) >= 11 is 0. The Kier molecular flexibility index (Phi) is 7.59. The van der Waals surface area contributed by atoms with Crippen molar-refractivity contribution in [2.75, 3.05) is 7.11 Å².